The van der Waals surface area contributed by atoms with Crippen molar-refractivity contribution in [1.29, 1.82) is 0 Å². The molecule has 0 bridgehead atoms. The van der Waals surface area contributed by atoms with Gasteiger partial charge in [-0.05, 0) is 17.7 Å². The minimum absolute atomic E-state index is 0.312. The molecule has 106 valence electrons. The Balaban J connectivity index is 2.12. The molecule has 0 fully saturated rings. The summed E-state index contributed by atoms with van der Waals surface area (Å²) in [6.45, 7) is 0. The first-order valence-electron chi connectivity index (χ1n) is 6.02. The lowest BCUT2D eigenvalue weighted by molar-refractivity contribution is 0.768. The third kappa shape index (κ3) is 2.95. The monoisotopic (exact) mass is 382 g/mol. The Morgan fingerprint density at radius 2 is 1.81 bits per heavy atom. The van der Waals surface area contributed by atoms with Gasteiger partial charge >= 0.3 is 0 Å². The van der Waals surface area contributed by atoms with Gasteiger partial charge in [0.25, 0.3) is 0 Å². The van der Waals surface area contributed by atoms with Crippen LogP contribution in [0.1, 0.15) is 0 Å². The fourth-order valence-electron chi connectivity index (χ4n) is 1.96. The molecule has 3 aromatic rings. The lowest BCUT2D eigenvalue weighted by Gasteiger charge is -2.08. The van der Waals surface area contributed by atoms with Gasteiger partial charge in [0.05, 0.1) is 17.3 Å². The summed E-state index contributed by atoms with van der Waals surface area (Å²) in [4.78, 5) is 8.65. The van der Waals surface area contributed by atoms with Crippen molar-refractivity contribution in [2.24, 2.45) is 7.05 Å². The molecular formula is C14H9BrCl2N4. The number of halogens is 3. The molecule has 0 aliphatic rings. The van der Waals surface area contributed by atoms with E-state index in [4.69, 9.17) is 23.2 Å². The van der Waals surface area contributed by atoms with E-state index in [9.17, 15) is 0 Å². The van der Waals surface area contributed by atoms with E-state index in [1.807, 2.05) is 31.3 Å². The lowest BCUT2D eigenvalue weighted by atomic mass is 10.1. The van der Waals surface area contributed by atoms with Crippen LogP contribution in [-0.2, 0) is 7.05 Å². The molecule has 21 heavy (non-hydrogen) atoms. The molecule has 2 heterocycles. The van der Waals surface area contributed by atoms with Crippen molar-refractivity contribution in [3.05, 3.63) is 51.4 Å². The quantitative estimate of drug-likeness (QED) is 0.606. The smallest absolute Gasteiger partial charge is 0.165 e. The highest BCUT2D eigenvalue weighted by atomic mass is 79.9. The Bertz CT molecular complexity index is 793. The van der Waals surface area contributed by atoms with Gasteiger partial charge in [-0.2, -0.15) is 5.10 Å². The molecule has 0 saturated carbocycles. The predicted molar refractivity (Wildman–Crippen MR) is 87.4 cm³/mol. The van der Waals surface area contributed by atoms with Gasteiger partial charge < -0.3 is 0 Å². The Kier molecular flexibility index (Phi) is 3.97. The van der Waals surface area contributed by atoms with Gasteiger partial charge in [0.2, 0.25) is 0 Å². The van der Waals surface area contributed by atoms with Crippen LogP contribution in [-0.4, -0.2) is 19.7 Å². The van der Waals surface area contributed by atoms with E-state index in [0.29, 0.717) is 21.7 Å². The maximum atomic E-state index is 6.30. The predicted octanol–water partition coefficient (Wildman–Crippen LogP) is 4.61. The summed E-state index contributed by atoms with van der Waals surface area (Å²) < 4.78 is 2.60. The van der Waals surface area contributed by atoms with Gasteiger partial charge in [-0.1, -0.05) is 51.3 Å². The summed E-state index contributed by atoms with van der Waals surface area (Å²) in [6, 6.07) is 7.66. The van der Waals surface area contributed by atoms with Crippen molar-refractivity contribution in [2.75, 3.05) is 0 Å². The zero-order chi connectivity index (χ0) is 15.0. The van der Waals surface area contributed by atoms with Crippen molar-refractivity contribution >= 4 is 39.1 Å². The van der Waals surface area contributed by atoms with Crippen LogP contribution in [0.4, 0.5) is 0 Å². The second-order valence-corrected chi connectivity index (χ2v) is 6.05. The minimum atomic E-state index is 0.312. The van der Waals surface area contributed by atoms with Crippen LogP contribution in [0.25, 0.3) is 22.5 Å². The second-order valence-electron chi connectivity index (χ2n) is 4.42. The molecule has 0 aliphatic carbocycles. The van der Waals surface area contributed by atoms with E-state index in [0.717, 1.165) is 15.6 Å². The van der Waals surface area contributed by atoms with E-state index < -0.39 is 0 Å². The fourth-order valence-corrected chi connectivity index (χ4v) is 2.96. The normalized spacial score (nSPS) is 10.9. The van der Waals surface area contributed by atoms with E-state index in [1.54, 1.807) is 17.1 Å². The molecule has 0 atom stereocenters. The average molecular weight is 384 g/mol. The third-order valence-corrected chi connectivity index (χ3v) is 3.94. The van der Waals surface area contributed by atoms with E-state index >= 15 is 0 Å². The average Bonchev–Trinajstić information content (AvgIpc) is 2.85. The zero-order valence-electron chi connectivity index (χ0n) is 10.9. The van der Waals surface area contributed by atoms with Gasteiger partial charge in [-0.3, -0.25) is 4.68 Å². The Labute approximate surface area is 139 Å². The molecule has 0 aliphatic heterocycles. The van der Waals surface area contributed by atoms with E-state index in [2.05, 4.69) is 31.0 Å². The van der Waals surface area contributed by atoms with Crippen molar-refractivity contribution < 1.29 is 0 Å². The first-order chi connectivity index (χ1) is 10.0. The lowest BCUT2D eigenvalue weighted by Crippen LogP contribution is -1.94. The molecule has 1 aromatic carbocycles. The zero-order valence-corrected chi connectivity index (χ0v) is 14.0. The van der Waals surface area contributed by atoms with Crippen molar-refractivity contribution in [3.8, 4) is 22.5 Å². The highest BCUT2D eigenvalue weighted by Gasteiger charge is 2.15. The first kappa shape index (κ1) is 14.5. The van der Waals surface area contributed by atoms with Crippen molar-refractivity contribution in [1.82, 2.24) is 19.7 Å². The van der Waals surface area contributed by atoms with Gasteiger partial charge in [0.15, 0.2) is 5.82 Å². The summed E-state index contributed by atoms with van der Waals surface area (Å²) in [6.07, 6.45) is 3.47. The summed E-state index contributed by atoms with van der Waals surface area (Å²) in [5, 5.41) is 4.71. The highest BCUT2D eigenvalue weighted by molar-refractivity contribution is 9.10. The van der Waals surface area contributed by atoms with Crippen LogP contribution in [0.2, 0.25) is 10.3 Å². The standard InChI is InChI=1S/C14H9BrCl2N4/c1-21-7-9(6-18-21)14-19-12(16)11(13(17)20-14)8-3-2-4-10(15)5-8/h2-7H,1H3. The molecule has 2 aromatic heterocycles. The van der Waals surface area contributed by atoms with Crippen LogP contribution in [0, 0.1) is 0 Å². The van der Waals surface area contributed by atoms with Gasteiger partial charge in [0, 0.05) is 17.7 Å². The van der Waals surface area contributed by atoms with Gasteiger partial charge in [0.1, 0.15) is 10.3 Å². The second kappa shape index (κ2) is 5.75. The molecule has 3 rings (SSSR count). The van der Waals surface area contributed by atoms with Gasteiger partial charge in [-0.15, -0.1) is 0 Å². The van der Waals surface area contributed by atoms with Crippen molar-refractivity contribution in [3.63, 3.8) is 0 Å². The Morgan fingerprint density at radius 3 is 2.38 bits per heavy atom. The number of hydrogen-bond acceptors (Lipinski definition) is 3. The van der Waals surface area contributed by atoms with Crippen LogP contribution in [0.5, 0.6) is 0 Å². The molecular weight excluding hydrogens is 375 g/mol. The SMILES string of the molecule is Cn1cc(-c2nc(Cl)c(-c3cccc(Br)c3)c(Cl)n2)cn1. The number of rotatable bonds is 2. The highest BCUT2D eigenvalue weighted by Crippen LogP contribution is 2.35. The molecule has 0 N–H and O–H groups in total. The van der Waals surface area contributed by atoms with Gasteiger partial charge in [-0.25, -0.2) is 9.97 Å². The van der Waals surface area contributed by atoms with E-state index in [-0.39, 0.29) is 0 Å². The maximum absolute atomic E-state index is 6.30. The largest absolute Gasteiger partial charge is 0.275 e. The third-order valence-electron chi connectivity index (χ3n) is 2.90. The molecule has 0 spiro atoms. The number of aromatic nitrogens is 4. The molecule has 0 radical (unpaired) electrons. The number of hydrogen-bond donors (Lipinski definition) is 0. The number of aryl methyl sites for hydroxylation is 1. The van der Waals surface area contributed by atoms with Crippen LogP contribution in [0.3, 0.4) is 0 Å². The molecule has 0 amide bonds. The van der Waals surface area contributed by atoms with Crippen LogP contribution in [0.15, 0.2) is 41.1 Å². The topological polar surface area (TPSA) is 43.6 Å². The molecule has 4 nitrogen and oxygen atoms in total. The summed E-state index contributed by atoms with van der Waals surface area (Å²) >= 11 is 16.0. The Morgan fingerprint density at radius 1 is 1.10 bits per heavy atom. The molecule has 0 saturated heterocycles. The fraction of sp³-hybridized carbons (Fsp3) is 0.0714. The summed E-state index contributed by atoms with van der Waals surface area (Å²) in [5.74, 6) is 0.455. The molecule has 7 heteroatoms. The molecule has 0 unspecified atom stereocenters. The summed E-state index contributed by atoms with van der Waals surface area (Å²) in [5.41, 5.74) is 2.24. The van der Waals surface area contributed by atoms with Crippen molar-refractivity contribution in [2.45, 2.75) is 0 Å². The van der Waals surface area contributed by atoms with Crippen LogP contribution >= 0.6 is 39.1 Å². The number of benzene rings is 1. The van der Waals surface area contributed by atoms with Crippen LogP contribution < -0.4 is 0 Å². The number of nitrogens with zero attached hydrogens (tertiary/aromatic N) is 4. The minimum Gasteiger partial charge on any atom is -0.275 e. The first-order valence-corrected chi connectivity index (χ1v) is 7.57. The van der Waals surface area contributed by atoms with E-state index in [1.165, 1.54) is 0 Å². The Hall–Kier alpha value is -1.43. The summed E-state index contributed by atoms with van der Waals surface area (Å²) in [7, 11) is 1.82. The maximum Gasteiger partial charge on any atom is 0.165 e.